The summed E-state index contributed by atoms with van der Waals surface area (Å²) in [7, 11) is 0. The fourth-order valence-corrected chi connectivity index (χ4v) is 3.95. The average molecular weight is 280 g/mol. The molecule has 4 nitrogen and oxygen atoms in total. The highest BCUT2D eigenvalue weighted by atomic mass is 16.4. The number of carbonyl (C=O) groups is 1. The van der Waals surface area contributed by atoms with Crippen LogP contribution in [0, 0.1) is 17.8 Å². The molecule has 0 aromatic carbocycles. The van der Waals surface area contributed by atoms with Crippen molar-refractivity contribution in [2.45, 2.75) is 57.5 Å². The SMILES string of the molecule is CC1CCC1N1CC(NCC2CCC2)CC(C(=O)O)C1. The van der Waals surface area contributed by atoms with Gasteiger partial charge in [0.25, 0.3) is 0 Å². The first-order valence-electron chi connectivity index (χ1n) is 8.33. The van der Waals surface area contributed by atoms with Crippen molar-refractivity contribution in [1.82, 2.24) is 10.2 Å². The lowest BCUT2D eigenvalue weighted by Crippen LogP contribution is -2.58. The first-order valence-corrected chi connectivity index (χ1v) is 8.33. The fraction of sp³-hybridized carbons (Fsp3) is 0.938. The smallest absolute Gasteiger partial charge is 0.307 e. The minimum Gasteiger partial charge on any atom is -0.481 e. The van der Waals surface area contributed by atoms with E-state index in [4.69, 9.17) is 0 Å². The number of rotatable bonds is 5. The Labute approximate surface area is 121 Å². The van der Waals surface area contributed by atoms with E-state index in [2.05, 4.69) is 17.1 Å². The molecule has 20 heavy (non-hydrogen) atoms. The number of nitrogens with one attached hydrogen (secondary N) is 1. The van der Waals surface area contributed by atoms with Gasteiger partial charge in [0.05, 0.1) is 5.92 Å². The van der Waals surface area contributed by atoms with Crippen molar-refractivity contribution in [2.75, 3.05) is 19.6 Å². The second kappa shape index (κ2) is 6.02. The van der Waals surface area contributed by atoms with Gasteiger partial charge in [0.15, 0.2) is 0 Å². The molecule has 0 radical (unpaired) electrons. The van der Waals surface area contributed by atoms with E-state index < -0.39 is 5.97 Å². The van der Waals surface area contributed by atoms with Crippen molar-refractivity contribution in [1.29, 1.82) is 0 Å². The quantitative estimate of drug-likeness (QED) is 0.808. The summed E-state index contributed by atoms with van der Waals surface area (Å²) in [4.78, 5) is 13.9. The van der Waals surface area contributed by atoms with E-state index in [0.717, 1.165) is 37.9 Å². The van der Waals surface area contributed by atoms with Gasteiger partial charge in [0, 0.05) is 25.2 Å². The third kappa shape index (κ3) is 3.01. The summed E-state index contributed by atoms with van der Waals surface area (Å²) in [5.74, 6) is 0.790. The molecular weight excluding hydrogens is 252 g/mol. The maximum absolute atomic E-state index is 11.4. The third-order valence-electron chi connectivity index (χ3n) is 5.79. The van der Waals surface area contributed by atoms with E-state index in [9.17, 15) is 9.90 Å². The van der Waals surface area contributed by atoms with Crippen molar-refractivity contribution >= 4 is 5.97 Å². The van der Waals surface area contributed by atoms with Gasteiger partial charge in [-0.2, -0.15) is 0 Å². The maximum atomic E-state index is 11.4. The zero-order valence-electron chi connectivity index (χ0n) is 12.6. The Bertz CT molecular complexity index is 356. The number of likely N-dealkylation sites (tertiary alicyclic amines) is 1. The average Bonchev–Trinajstić information content (AvgIpc) is 2.35. The Morgan fingerprint density at radius 3 is 2.55 bits per heavy atom. The van der Waals surface area contributed by atoms with E-state index >= 15 is 0 Å². The lowest BCUT2D eigenvalue weighted by molar-refractivity contribution is -0.145. The van der Waals surface area contributed by atoms with Crippen molar-refractivity contribution in [3.05, 3.63) is 0 Å². The molecule has 0 amide bonds. The summed E-state index contributed by atoms with van der Waals surface area (Å²) in [5, 5.41) is 13.0. The van der Waals surface area contributed by atoms with E-state index in [0.29, 0.717) is 12.1 Å². The Morgan fingerprint density at radius 2 is 2.05 bits per heavy atom. The van der Waals surface area contributed by atoms with Crippen LogP contribution in [0.2, 0.25) is 0 Å². The highest BCUT2D eigenvalue weighted by Crippen LogP contribution is 2.34. The summed E-state index contributed by atoms with van der Waals surface area (Å²) in [6.07, 6.45) is 7.44. The molecule has 3 aliphatic rings. The Kier molecular flexibility index (Phi) is 4.32. The fourth-order valence-electron chi connectivity index (χ4n) is 3.95. The van der Waals surface area contributed by atoms with E-state index in [-0.39, 0.29) is 5.92 Å². The third-order valence-corrected chi connectivity index (χ3v) is 5.79. The van der Waals surface area contributed by atoms with Gasteiger partial charge in [0.1, 0.15) is 0 Å². The normalized spacial score (nSPS) is 39.0. The number of carboxylic acids is 1. The molecule has 4 unspecified atom stereocenters. The number of aliphatic carboxylic acids is 1. The van der Waals surface area contributed by atoms with Crippen LogP contribution < -0.4 is 5.32 Å². The molecular formula is C16H28N2O2. The van der Waals surface area contributed by atoms with Crippen molar-refractivity contribution < 1.29 is 9.90 Å². The topological polar surface area (TPSA) is 52.6 Å². The molecule has 0 aromatic rings. The summed E-state index contributed by atoms with van der Waals surface area (Å²) >= 11 is 0. The van der Waals surface area contributed by atoms with Gasteiger partial charge >= 0.3 is 5.97 Å². The van der Waals surface area contributed by atoms with Crippen molar-refractivity contribution in [3.63, 3.8) is 0 Å². The van der Waals surface area contributed by atoms with Crippen molar-refractivity contribution in [2.24, 2.45) is 17.8 Å². The molecule has 0 bridgehead atoms. The molecule has 0 spiro atoms. The molecule has 1 aliphatic heterocycles. The van der Waals surface area contributed by atoms with Crippen molar-refractivity contribution in [3.8, 4) is 0 Å². The van der Waals surface area contributed by atoms with Gasteiger partial charge in [0.2, 0.25) is 0 Å². The Hall–Kier alpha value is -0.610. The molecule has 2 N–H and O–H groups in total. The molecule has 1 heterocycles. The lowest BCUT2D eigenvalue weighted by Gasteiger charge is -2.48. The van der Waals surface area contributed by atoms with Crippen LogP contribution in [0.1, 0.15) is 45.4 Å². The molecule has 3 fully saturated rings. The van der Waals surface area contributed by atoms with E-state index in [1.807, 2.05) is 0 Å². The zero-order valence-corrected chi connectivity index (χ0v) is 12.6. The summed E-state index contributed by atoms with van der Waals surface area (Å²) in [5.41, 5.74) is 0. The van der Waals surface area contributed by atoms with Crippen LogP contribution in [0.4, 0.5) is 0 Å². The van der Waals surface area contributed by atoms with Gasteiger partial charge < -0.3 is 10.4 Å². The van der Waals surface area contributed by atoms with Crippen LogP contribution >= 0.6 is 0 Å². The number of hydrogen-bond acceptors (Lipinski definition) is 3. The molecule has 4 atom stereocenters. The number of nitrogens with zero attached hydrogens (tertiary/aromatic N) is 1. The standard InChI is InChI=1S/C16H28N2O2/c1-11-5-6-15(11)18-9-13(16(19)20)7-14(10-18)17-8-12-3-2-4-12/h11-15,17H,2-10H2,1H3,(H,19,20). The van der Waals surface area contributed by atoms with Crippen LogP contribution in [0.3, 0.4) is 0 Å². The van der Waals surface area contributed by atoms with Crippen LogP contribution in [0.5, 0.6) is 0 Å². The summed E-state index contributed by atoms with van der Waals surface area (Å²) in [6.45, 7) is 5.19. The second-order valence-electron chi connectivity index (χ2n) is 7.25. The second-order valence-corrected chi connectivity index (χ2v) is 7.25. The molecule has 4 heteroatoms. The molecule has 0 aromatic heterocycles. The maximum Gasteiger partial charge on any atom is 0.307 e. The zero-order chi connectivity index (χ0) is 14.1. The van der Waals surface area contributed by atoms with Crippen LogP contribution in [-0.4, -0.2) is 47.7 Å². The van der Waals surface area contributed by atoms with Gasteiger partial charge in [-0.05, 0) is 50.5 Å². The highest BCUT2D eigenvalue weighted by Gasteiger charge is 2.39. The summed E-state index contributed by atoms with van der Waals surface area (Å²) in [6, 6.07) is 1.00. The largest absolute Gasteiger partial charge is 0.481 e. The molecule has 2 saturated carbocycles. The predicted octanol–water partition coefficient (Wildman–Crippen LogP) is 1.95. The molecule has 3 rings (SSSR count). The van der Waals surface area contributed by atoms with Crippen LogP contribution in [0.25, 0.3) is 0 Å². The number of piperidine rings is 1. The molecule has 1 saturated heterocycles. The minimum atomic E-state index is -0.614. The summed E-state index contributed by atoms with van der Waals surface area (Å²) < 4.78 is 0. The number of carboxylic acid groups (broad SMARTS) is 1. The van der Waals surface area contributed by atoms with Gasteiger partial charge in [-0.25, -0.2) is 0 Å². The van der Waals surface area contributed by atoms with E-state index in [1.165, 1.54) is 32.1 Å². The minimum absolute atomic E-state index is 0.185. The number of hydrogen-bond donors (Lipinski definition) is 2. The van der Waals surface area contributed by atoms with Crippen LogP contribution in [0.15, 0.2) is 0 Å². The first-order chi connectivity index (χ1) is 9.63. The lowest BCUT2D eigenvalue weighted by atomic mass is 9.78. The van der Waals surface area contributed by atoms with E-state index in [1.54, 1.807) is 0 Å². The van der Waals surface area contributed by atoms with Gasteiger partial charge in [-0.15, -0.1) is 0 Å². The van der Waals surface area contributed by atoms with Gasteiger partial charge in [-0.1, -0.05) is 13.3 Å². The highest BCUT2D eigenvalue weighted by molar-refractivity contribution is 5.70. The van der Waals surface area contributed by atoms with Crippen LogP contribution in [-0.2, 0) is 4.79 Å². The predicted molar refractivity (Wildman–Crippen MR) is 78.6 cm³/mol. The van der Waals surface area contributed by atoms with Gasteiger partial charge in [-0.3, -0.25) is 9.69 Å². The monoisotopic (exact) mass is 280 g/mol. The first kappa shape index (κ1) is 14.3. The Balaban J connectivity index is 1.55. The molecule has 2 aliphatic carbocycles. The Morgan fingerprint density at radius 1 is 1.25 bits per heavy atom. The molecule has 114 valence electrons.